The van der Waals surface area contributed by atoms with Gasteiger partial charge in [-0.25, -0.2) is 15.0 Å². The molecule has 0 radical (unpaired) electrons. The van der Waals surface area contributed by atoms with E-state index < -0.39 is 0 Å². The lowest BCUT2D eigenvalue weighted by Gasteiger charge is -2.10. The quantitative estimate of drug-likeness (QED) is 0.183. The summed E-state index contributed by atoms with van der Waals surface area (Å²) in [5.41, 5.74) is 6.76. The number of aromatic nitrogens is 3. The van der Waals surface area contributed by atoms with Crippen molar-refractivity contribution >= 4 is 54.3 Å². The van der Waals surface area contributed by atoms with Crippen LogP contribution in [0, 0.1) is 0 Å². The summed E-state index contributed by atoms with van der Waals surface area (Å²) < 4.78 is 6.49. The summed E-state index contributed by atoms with van der Waals surface area (Å²) in [6.45, 7) is 0. The topological polar surface area (TPSA) is 51.8 Å². The number of fused-ring (bicyclic) bond motifs is 9. The molecule has 2 heterocycles. The van der Waals surface area contributed by atoms with Crippen LogP contribution in [-0.2, 0) is 0 Å². The number of benzene rings is 8. The van der Waals surface area contributed by atoms with Crippen molar-refractivity contribution in [2.24, 2.45) is 0 Å². The van der Waals surface area contributed by atoms with Gasteiger partial charge in [0.15, 0.2) is 17.5 Å². The first kappa shape index (κ1) is 27.5. The van der Waals surface area contributed by atoms with Crippen LogP contribution < -0.4 is 0 Å². The van der Waals surface area contributed by atoms with Crippen LogP contribution in [0.15, 0.2) is 168 Å². The number of furan rings is 1. The van der Waals surface area contributed by atoms with Gasteiger partial charge >= 0.3 is 0 Å². The van der Waals surface area contributed by atoms with Crippen molar-refractivity contribution in [1.29, 1.82) is 0 Å². The molecule has 0 aliphatic carbocycles. The molecule has 0 saturated carbocycles. The Kier molecular flexibility index (Phi) is 6.15. The maximum absolute atomic E-state index is 6.49. The summed E-state index contributed by atoms with van der Waals surface area (Å²) in [6, 6.07) is 56.9. The molecular formula is C45H27N3O. The molecule has 0 N–H and O–H groups in total. The van der Waals surface area contributed by atoms with Gasteiger partial charge in [0.1, 0.15) is 11.2 Å². The normalized spacial score (nSPS) is 11.7. The number of hydrogen-bond donors (Lipinski definition) is 0. The average Bonchev–Trinajstić information content (AvgIpc) is 3.55. The Morgan fingerprint density at radius 1 is 0.265 bits per heavy atom. The van der Waals surface area contributed by atoms with E-state index in [1.807, 2.05) is 60.7 Å². The maximum Gasteiger partial charge on any atom is 0.164 e. The molecule has 0 aliphatic rings. The second-order valence-corrected chi connectivity index (χ2v) is 12.4. The molecule has 0 aliphatic heterocycles. The third-order valence-electron chi connectivity index (χ3n) is 9.49. The van der Waals surface area contributed by atoms with Gasteiger partial charge in [-0.3, -0.25) is 0 Å². The minimum absolute atomic E-state index is 0.634. The molecule has 10 rings (SSSR count). The predicted octanol–water partition coefficient (Wildman–Crippen LogP) is 11.9. The Balaban J connectivity index is 1.13. The van der Waals surface area contributed by atoms with Crippen LogP contribution in [0.25, 0.3) is 99.5 Å². The molecule has 228 valence electrons. The summed E-state index contributed by atoms with van der Waals surface area (Å²) >= 11 is 0. The molecule has 0 amide bonds. The zero-order chi connectivity index (χ0) is 32.3. The highest BCUT2D eigenvalue weighted by atomic mass is 16.3. The summed E-state index contributed by atoms with van der Waals surface area (Å²) in [5, 5.41) is 9.64. The maximum atomic E-state index is 6.49. The average molecular weight is 626 g/mol. The zero-order valence-electron chi connectivity index (χ0n) is 26.3. The second kappa shape index (κ2) is 11.0. The first-order valence-electron chi connectivity index (χ1n) is 16.4. The van der Waals surface area contributed by atoms with E-state index in [-0.39, 0.29) is 0 Å². The van der Waals surface area contributed by atoms with E-state index in [0.29, 0.717) is 17.5 Å². The summed E-state index contributed by atoms with van der Waals surface area (Å²) in [5.74, 6) is 1.93. The van der Waals surface area contributed by atoms with Gasteiger partial charge < -0.3 is 4.42 Å². The zero-order valence-corrected chi connectivity index (χ0v) is 26.3. The Morgan fingerprint density at radius 2 is 0.714 bits per heavy atom. The highest BCUT2D eigenvalue weighted by molar-refractivity contribution is 6.28. The smallest absolute Gasteiger partial charge is 0.164 e. The van der Waals surface area contributed by atoms with Crippen molar-refractivity contribution in [2.75, 3.05) is 0 Å². The first-order valence-corrected chi connectivity index (χ1v) is 16.4. The predicted molar refractivity (Wildman–Crippen MR) is 201 cm³/mol. The van der Waals surface area contributed by atoms with Gasteiger partial charge in [-0.15, -0.1) is 0 Å². The van der Waals surface area contributed by atoms with Crippen molar-refractivity contribution in [1.82, 2.24) is 15.0 Å². The fourth-order valence-corrected chi connectivity index (χ4v) is 7.13. The second-order valence-electron chi connectivity index (χ2n) is 12.4. The van der Waals surface area contributed by atoms with Gasteiger partial charge in [0, 0.05) is 27.5 Å². The molecule has 0 saturated heterocycles. The van der Waals surface area contributed by atoms with Crippen LogP contribution in [-0.4, -0.2) is 15.0 Å². The van der Waals surface area contributed by atoms with Crippen LogP contribution >= 0.6 is 0 Å². The fraction of sp³-hybridized carbons (Fsp3) is 0. The fourth-order valence-electron chi connectivity index (χ4n) is 7.13. The van der Waals surface area contributed by atoms with Gasteiger partial charge in [0.2, 0.25) is 0 Å². The van der Waals surface area contributed by atoms with E-state index in [1.165, 1.54) is 32.3 Å². The molecule has 0 unspecified atom stereocenters. The standard InChI is InChI=1S/C45H27N3O/c1-3-12-28(13-4-1)43-46-44(29-14-5-2-6-15-29)48-45(47-43)32-17-11-16-30(24-32)31-22-23-41-39(25-31)40-26-37-35-20-9-7-18-33(35)34-19-8-10-21-36(34)38(37)27-42(40)49-41/h1-27H. The summed E-state index contributed by atoms with van der Waals surface area (Å²) in [6.07, 6.45) is 0. The highest BCUT2D eigenvalue weighted by Crippen LogP contribution is 2.41. The molecule has 8 aromatic carbocycles. The van der Waals surface area contributed by atoms with Crippen LogP contribution in [0.2, 0.25) is 0 Å². The Hall–Kier alpha value is -6.65. The van der Waals surface area contributed by atoms with Crippen molar-refractivity contribution in [3.8, 4) is 45.3 Å². The molecule has 0 spiro atoms. The van der Waals surface area contributed by atoms with Crippen LogP contribution in [0.3, 0.4) is 0 Å². The number of rotatable bonds is 4. The minimum Gasteiger partial charge on any atom is -0.456 e. The van der Waals surface area contributed by atoms with E-state index in [4.69, 9.17) is 19.4 Å². The largest absolute Gasteiger partial charge is 0.456 e. The third kappa shape index (κ3) is 4.57. The lowest BCUT2D eigenvalue weighted by molar-refractivity contribution is 0.669. The Labute approximate surface area is 282 Å². The van der Waals surface area contributed by atoms with E-state index in [1.54, 1.807) is 0 Å². The molecule has 49 heavy (non-hydrogen) atoms. The van der Waals surface area contributed by atoms with E-state index >= 15 is 0 Å². The van der Waals surface area contributed by atoms with Crippen LogP contribution in [0.1, 0.15) is 0 Å². The molecule has 4 nitrogen and oxygen atoms in total. The number of nitrogens with zero attached hydrogens (tertiary/aromatic N) is 3. The third-order valence-corrected chi connectivity index (χ3v) is 9.49. The molecule has 0 fully saturated rings. The lowest BCUT2D eigenvalue weighted by atomic mass is 9.93. The van der Waals surface area contributed by atoms with Gasteiger partial charge in [0.05, 0.1) is 0 Å². The lowest BCUT2D eigenvalue weighted by Crippen LogP contribution is -2.00. The molecule has 0 bridgehead atoms. The van der Waals surface area contributed by atoms with Gasteiger partial charge in [-0.1, -0.05) is 133 Å². The molecule has 10 aromatic rings. The van der Waals surface area contributed by atoms with Crippen molar-refractivity contribution in [2.45, 2.75) is 0 Å². The van der Waals surface area contributed by atoms with E-state index in [9.17, 15) is 0 Å². The Bertz CT molecular complexity index is 2820. The first-order chi connectivity index (χ1) is 24.3. The highest BCUT2D eigenvalue weighted by Gasteiger charge is 2.16. The van der Waals surface area contributed by atoms with Gasteiger partial charge in [0.25, 0.3) is 0 Å². The molecule has 4 heteroatoms. The van der Waals surface area contributed by atoms with Gasteiger partial charge in [-0.2, -0.15) is 0 Å². The van der Waals surface area contributed by atoms with Crippen molar-refractivity contribution < 1.29 is 4.42 Å². The van der Waals surface area contributed by atoms with Crippen molar-refractivity contribution in [3.63, 3.8) is 0 Å². The summed E-state index contributed by atoms with van der Waals surface area (Å²) in [4.78, 5) is 14.8. The van der Waals surface area contributed by atoms with Gasteiger partial charge in [-0.05, 0) is 73.8 Å². The number of hydrogen-bond acceptors (Lipinski definition) is 4. The molecular weight excluding hydrogens is 599 g/mol. The summed E-state index contributed by atoms with van der Waals surface area (Å²) in [7, 11) is 0. The van der Waals surface area contributed by atoms with Crippen LogP contribution in [0.4, 0.5) is 0 Å². The van der Waals surface area contributed by atoms with Crippen LogP contribution in [0.5, 0.6) is 0 Å². The van der Waals surface area contributed by atoms with E-state index in [0.717, 1.165) is 49.8 Å². The van der Waals surface area contributed by atoms with Crippen molar-refractivity contribution in [3.05, 3.63) is 164 Å². The monoisotopic (exact) mass is 625 g/mol. The van der Waals surface area contributed by atoms with E-state index in [2.05, 4.69) is 103 Å². The minimum atomic E-state index is 0.634. The molecule has 0 atom stereocenters. The Morgan fingerprint density at radius 3 is 1.33 bits per heavy atom. The molecule has 2 aromatic heterocycles. The SMILES string of the molecule is c1ccc(-c2nc(-c3ccccc3)nc(-c3cccc(-c4ccc5oc6cc7c8ccccc8c8ccccc8c7cc6c5c4)c3)n2)cc1.